The zero-order valence-corrected chi connectivity index (χ0v) is 23.7. The smallest absolute Gasteiger partial charge is 0.230 e. The van der Waals surface area contributed by atoms with Crippen molar-refractivity contribution in [3.63, 3.8) is 0 Å². The lowest BCUT2D eigenvalue weighted by Crippen LogP contribution is -2.57. The Morgan fingerprint density at radius 3 is 2.34 bits per heavy atom. The number of piperidine rings is 1. The van der Waals surface area contributed by atoms with E-state index in [0.29, 0.717) is 40.8 Å². The van der Waals surface area contributed by atoms with Crippen LogP contribution in [0.1, 0.15) is 57.9 Å². The van der Waals surface area contributed by atoms with Crippen molar-refractivity contribution in [1.29, 1.82) is 0 Å². The van der Waals surface area contributed by atoms with Crippen molar-refractivity contribution < 1.29 is 9.59 Å². The van der Waals surface area contributed by atoms with E-state index in [1.807, 2.05) is 59.5 Å². The van der Waals surface area contributed by atoms with E-state index in [0.717, 1.165) is 55.6 Å². The van der Waals surface area contributed by atoms with Gasteiger partial charge in [0, 0.05) is 51.8 Å². The van der Waals surface area contributed by atoms with Crippen LogP contribution in [0, 0.1) is 34.5 Å². The molecule has 6 atom stereocenters. The first kappa shape index (κ1) is 26.0. The predicted octanol–water partition coefficient (Wildman–Crippen LogP) is 7.44. The molecule has 38 heavy (non-hydrogen) atoms. The minimum Gasteiger partial charge on any atom is -0.387 e. The van der Waals surface area contributed by atoms with E-state index in [4.69, 9.17) is 23.2 Å². The van der Waals surface area contributed by atoms with E-state index < -0.39 is 0 Å². The molecule has 1 aliphatic heterocycles. The Kier molecular flexibility index (Phi) is 6.63. The lowest BCUT2D eigenvalue weighted by molar-refractivity contribution is -0.130. The maximum absolute atomic E-state index is 14.5. The number of hydrogen-bond acceptors (Lipinski definition) is 3. The van der Waals surface area contributed by atoms with Crippen molar-refractivity contribution in [2.75, 3.05) is 11.4 Å². The standard InChI is InChI=1S/C32H36Cl2N2O2/c1-31-16-14-27-25(18-35-29-17-24(37)13-15-32(27,29)2)26(31)11-12-28(31)30(38)36(23-9-7-22(34)8-10-23)19-20-3-5-21(33)6-4-20/h3-10,17,25-28,35H,11-16,18-19H2,1-2H3/t25-,26-,27-,28+,31-,32+/m0/s1. The molecular formula is C32H36Cl2N2O2. The number of fused-ring (bicyclic) bond motifs is 5. The van der Waals surface area contributed by atoms with E-state index in [1.54, 1.807) is 0 Å². The average Bonchev–Trinajstić information content (AvgIpc) is 3.26. The van der Waals surface area contributed by atoms with Crippen molar-refractivity contribution in [1.82, 2.24) is 5.32 Å². The van der Waals surface area contributed by atoms with Gasteiger partial charge in [-0.1, -0.05) is 49.2 Å². The number of amides is 1. The Balaban J connectivity index is 1.29. The van der Waals surface area contributed by atoms with Crippen LogP contribution in [-0.2, 0) is 16.1 Å². The quantitative estimate of drug-likeness (QED) is 0.430. The van der Waals surface area contributed by atoms with E-state index >= 15 is 0 Å². The topological polar surface area (TPSA) is 49.4 Å². The van der Waals surface area contributed by atoms with Gasteiger partial charge in [0.15, 0.2) is 5.78 Å². The fourth-order valence-electron chi connectivity index (χ4n) is 8.43. The molecule has 3 aliphatic carbocycles. The fourth-order valence-corrected chi connectivity index (χ4v) is 8.68. The van der Waals surface area contributed by atoms with Gasteiger partial charge in [-0.15, -0.1) is 0 Å². The molecule has 0 spiro atoms. The highest BCUT2D eigenvalue weighted by atomic mass is 35.5. The molecule has 4 nitrogen and oxygen atoms in total. The van der Waals surface area contributed by atoms with Crippen LogP contribution in [0.4, 0.5) is 5.69 Å². The third-order valence-corrected chi connectivity index (χ3v) is 11.1. The summed E-state index contributed by atoms with van der Waals surface area (Å²) in [6.07, 6.45) is 7.63. The SMILES string of the molecule is C[C@]12CC[C@H]3[C@@H](CNC4=CC(=O)CC[C@@]43C)[C@@H]1CC[C@@H]2C(=O)N(Cc1ccc(Cl)cc1)c1ccc(Cl)cc1. The lowest BCUT2D eigenvalue weighted by Gasteiger charge is -2.58. The second kappa shape index (κ2) is 9.71. The maximum atomic E-state index is 14.5. The summed E-state index contributed by atoms with van der Waals surface area (Å²) in [6.45, 7) is 6.16. The van der Waals surface area contributed by atoms with Gasteiger partial charge in [0.2, 0.25) is 5.91 Å². The molecular weight excluding hydrogens is 515 g/mol. The first-order valence-corrected chi connectivity index (χ1v) is 14.7. The Hall–Kier alpha value is -2.30. The molecule has 200 valence electrons. The lowest BCUT2D eigenvalue weighted by atomic mass is 9.50. The van der Waals surface area contributed by atoms with Gasteiger partial charge in [0.05, 0.1) is 6.54 Å². The number of nitrogens with zero attached hydrogens (tertiary/aromatic N) is 1. The molecule has 2 saturated carbocycles. The number of allylic oxidation sites excluding steroid dienone is 2. The minimum atomic E-state index is -0.0351. The van der Waals surface area contributed by atoms with Crippen molar-refractivity contribution in [3.05, 3.63) is 75.9 Å². The van der Waals surface area contributed by atoms with Crippen molar-refractivity contribution >= 4 is 40.6 Å². The molecule has 1 saturated heterocycles. The fraction of sp³-hybridized carbons (Fsp3) is 0.500. The molecule has 0 unspecified atom stereocenters. The van der Waals surface area contributed by atoms with Crippen LogP contribution in [0.25, 0.3) is 0 Å². The molecule has 0 radical (unpaired) electrons. The second-order valence-corrected chi connectivity index (χ2v) is 13.3. The zero-order valence-electron chi connectivity index (χ0n) is 22.2. The van der Waals surface area contributed by atoms with E-state index in [2.05, 4.69) is 19.2 Å². The summed E-state index contributed by atoms with van der Waals surface area (Å²) in [7, 11) is 0. The molecule has 0 bridgehead atoms. The molecule has 2 aromatic rings. The molecule has 6 rings (SSSR count). The number of carbonyl (C=O) groups is 2. The van der Waals surface area contributed by atoms with Gasteiger partial charge in [-0.05, 0) is 97.2 Å². The van der Waals surface area contributed by atoms with Crippen LogP contribution in [0.5, 0.6) is 0 Å². The van der Waals surface area contributed by atoms with Gasteiger partial charge in [-0.25, -0.2) is 0 Å². The normalized spacial score (nSPS) is 33.9. The van der Waals surface area contributed by atoms with Crippen LogP contribution in [-0.4, -0.2) is 18.2 Å². The van der Waals surface area contributed by atoms with Gasteiger partial charge < -0.3 is 10.2 Å². The number of benzene rings is 2. The Morgan fingerprint density at radius 1 is 0.947 bits per heavy atom. The van der Waals surface area contributed by atoms with E-state index in [1.165, 1.54) is 0 Å². The number of halogens is 2. The highest BCUT2D eigenvalue weighted by Crippen LogP contribution is 2.64. The third-order valence-electron chi connectivity index (χ3n) is 10.6. The maximum Gasteiger partial charge on any atom is 0.230 e. The number of hydrogen-bond donors (Lipinski definition) is 1. The summed E-state index contributed by atoms with van der Waals surface area (Å²) >= 11 is 12.3. The minimum absolute atomic E-state index is 0.0193. The first-order valence-electron chi connectivity index (χ1n) is 14.0. The van der Waals surface area contributed by atoms with Gasteiger partial charge in [-0.2, -0.15) is 0 Å². The summed E-state index contributed by atoms with van der Waals surface area (Å²) < 4.78 is 0. The molecule has 3 fully saturated rings. The number of anilines is 1. The number of carbonyl (C=O) groups excluding carboxylic acids is 2. The summed E-state index contributed by atoms with van der Waals surface area (Å²) in [5.41, 5.74) is 3.10. The average molecular weight is 552 g/mol. The van der Waals surface area contributed by atoms with Crippen LogP contribution < -0.4 is 10.2 Å². The van der Waals surface area contributed by atoms with Crippen LogP contribution >= 0.6 is 23.2 Å². The van der Waals surface area contributed by atoms with Gasteiger partial charge in [0.25, 0.3) is 0 Å². The Bertz CT molecular complexity index is 1270. The zero-order chi connectivity index (χ0) is 26.7. The van der Waals surface area contributed by atoms with Crippen molar-refractivity contribution in [2.24, 2.45) is 34.5 Å². The monoisotopic (exact) mass is 550 g/mol. The molecule has 4 aliphatic rings. The van der Waals surface area contributed by atoms with Crippen LogP contribution in [0.2, 0.25) is 10.0 Å². The molecule has 1 N–H and O–H groups in total. The van der Waals surface area contributed by atoms with Gasteiger partial charge in [0.1, 0.15) is 0 Å². The summed E-state index contributed by atoms with van der Waals surface area (Å²) in [5.74, 6) is 2.04. The third kappa shape index (κ3) is 4.29. The number of nitrogens with one attached hydrogen (secondary N) is 1. The van der Waals surface area contributed by atoms with Gasteiger partial charge in [-0.3, -0.25) is 9.59 Å². The largest absolute Gasteiger partial charge is 0.387 e. The first-order chi connectivity index (χ1) is 18.2. The second-order valence-electron chi connectivity index (χ2n) is 12.4. The number of rotatable bonds is 4. The summed E-state index contributed by atoms with van der Waals surface area (Å²) in [5, 5.41) is 5.03. The molecule has 2 aromatic carbocycles. The van der Waals surface area contributed by atoms with E-state index in [-0.39, 0.29) is 28.4 Å². The summed E-state index contributed by atoms with van der Waals surface area (Å²) in [6, 6.07) is 15.4. The Morgan fingerprint density at radius 2 is 1.63 bits per heavy atom. The summed E-state index contributed by atoms with van der Waals surface area (Å²) in [4.78, 5) is 28.6. The highest BCUT2D eigenvalue weighted by Gasteiger charge is 2.60. The number of ketones is 1. The Labute approximate surface area is 235 Å². The van der Waals surface area contributed by atoms with Crippen molar-refractivity contribution in [2.45, 2.75) is 58.9 Å². The molecule has 0 aromatic heterocycles. The molecule has 1 heterocycles. The van der Waals surface area contributed by atoms with Crippen LogP contribution in [0.3, 0.4) is 0 Å². The van der Waals surface area contributed by atoms with Gasteiger partial charge >= 0.3 is 0 Å². The van der Waals surface area contributed by atoms with Crippen molar-refractivity contribution in [3.8, 4) is 0 Å². The predicted molar refractivity (Wildman–Crippen MR) is 153 cm³/mol. The van der Waals surface area contributed by atoms with E-state index in [9.17, 15) is 9.59 Å². The molecule has 6 heteroatoms. The highest BCUT2D eigenvalue weighted by molar-refractivity contribution is 6.30. The van der Waals surface area contributed by atoms with Crippen LogP contribution in [0.15, 0.2) is 60.3 Å². The molecule has 1 amide bonds.